The molecular weight excluding hydrogens is 210 g/mol. The first kappa shape index (κ1) is 10.5. The number of anilines is 1. The molecule has 0 aliphatic carbocycles. The number of pyridine rings is 1. The van der Waals surface area contributed by atoms with Crippen molar-refractivity contribution >= 4 is 16.6 Å². The number of nitrogens with zero attached hydrogens (tertiary/aromatic N) is 2. The van der Waals surface area contributed by atoms with Gasteiger partial charge in [0.15, 0.2) is 0 Å². The number of aromatic nitrogens is 1. The second-order valence-corrected chi connectivity index (χ2v) is 4.65. The van der Waals surface area contributed by atoms with Crippen LogP contribution < -0.4 is 10.2 Å². The van der Waals surface area contributed by atoms with Crippen molar-refractivity contribution in [3.8, 4) is 0 Å². The van der Waals surface area contributed by atoms with Gasteiger partial charge in [0.2, 0.25) is 0 Å². The van der Waals surface area contributed by atoms with Crippen LogP contribution in [0.1, 0.15) is 6.92 Å². The van der Waals surface area contributed by atoms with Gasteiger partial charge in [-0.1, -0.05) is 6.07 Å². The van der Waals surface area contributed by atoms with Crippen LogP contribution in [0.4, 0.5) is 5.69 Å². The molecule has 3 rings (SSSR count). The summed E-state index contributed by atoms with van der Waals surface area (Å²) in [6.07, 6.45) is 1.85. The Morgan fingerprint density at radius 3 is 3.12 bits per heavy atom. The van der Waals surface area contributed by atoms with Crippen molar-refractivity contribution in [3.63, 3.8) is 0 Å². The fourth-order valence-electron chi connectivity index (χ4n) is 2.51. The van der Waals surface area contributed by atoms with Crippen LogP contribution in [-0.2, 0) is 0 Å². The zero-order valence-corrected chi connectivity index (χ0v) is 10.1. The Balaban J connectivity index is 2.04. The summed E-state index contributed by atoms with van der Waals surface area (Å²) in [5, 5.41) is 4.73. The van der Waals surface area contributed by atoms with Crippen LogP contribution in [0.15, 0.2) is 36.5 Å². The first-order chi connectivity index (χ1) is 8.34. The molecule has 0 amide bonds. The predicted octanol–water partition coefficient (Wildman–Crippen LogP) is 2.03. The number of rotatable bonds is 1. The molecule has 3 nitrogen and oxygen atoms in total. The summed E-state index contributed by atoms with van der Waals surface area (Å²) in [6.45, 7) is 5.42. The Labute approximate surface area is 101 Å². The highest BCUT2D eigenvalue weighted by Crippen LogP contribution is 2.25. The second-order valence-electron chi connectivity index (χ2n) is 4.65. The quantitative estimate of drug-likeness (QED) is 0.808. The lowest BCUT2D eigenvalue weighted by Gasteiger charge is -2.34. The van der Waals surface area contributed by atoms with Crippen molar-refractivity contribution in [3.05, 3.63) is 36.5 Å². The number of fused-ring (bicyclic) bond motifs is 1. The van der Waals surface area contributed by atoms with Crippen LogP contribution >= 0.6 is 0 Å². The van der Waals surface area contributed by atoms with E-state index in [-0.39, 0.29) is 0 Å². The maximum absolute atomic E-state index is 4.41. The first-order valence-corrected chi connectivity index (χ1v) is 6.17. The number of benzene rings is 1. The van der Waals surface area contributed by atoms with Gasteiger partial charge >= 0.3 is 0 Å². The summed E-state index contributed by atoms with van der Waals surface area (Å²) in [5.41, 5.74) is 2.39. The van der Waals surface area contributed by atoms with Crippen molar-refractivity contribution in [2.24, 2.45) is 0 Å². The lowest BCUT2D eigenvalue weighted by Crippen LogP contribution is -2.49. The van der Waals surface area contributed by atoms with Gasteiger partial charge in [-0.3, -0.25) is 4.98 Å². The van der Waals surface area contributed by atoms with Crippen LogP contribution in [0.25, 0.3) is 10.9 Å². The van der Waals surface area contributed by atoms with Crippen molar-refractivity contribution in [2.75, 3.05) is 24.5 Å². The Morgan fingerprint density at radius 2 is 2.24 bits per heavy atom. The summed E-state index contributed by atoms with van der Waals surface area (Å²) < 4.78 is 0. The third kappa shape index (κ3) is 1.98. The molecule has 1 atom stereocenters. The minimum atomic E-state index is 0.552. The summed E-state index contributed by atoms with van der Waals surface area (Å²) in [5.74, 6) is 0. The Hall–Kier alpha value is -1.61. The third-order valence-corrected chi connectivity index (χ3v) is 3.33. The molecule has 1 N–H and O–H groups in total. The van der Waals surface area contributed by atoms with Gasteiger partial charge in [0, 0.05) is 42.9 Å². The van der Waals surface area contributed by atoms with Gasteiger partial charge in [-0.2, -0.15) is 0 Å². The van der Waals surface area contributed by atoms with E-state index in [1.165, 1.54) is 11.1 Å². The highest BCUT2D eigenvalue weighted by molar-refractivity contribution is 5.91. The molecule has 88 valence electrons. The lowest BCUT2D eigenvalue weighted by molar-refractivity contribution is 0.485. The fraction of sp³-hybridized carbons (Fsp3) is 0.357. The van der Waals surface area contributed by atoms with Crippen molar-refractivity contribution in [1.82, 2.24) is 10.3 Å². The maximum Gasteiger partial charge on any atom is 0.0722 e. The van der Waals surface area contributed by atoms with E-state index >= 15 is 0 Å². The van der Waals surface area contributed by atoms with Crippen molar-refractivity contribution in [2.45, 2.75) is 13.0 Å². The zero-order chi connectivity index (χ0) is 11.7. The van der Waals surface area contributed by atoms with E-state index in [9.17, 15) is 0 Å². The van der Waals surface area contributed by atoms with E-state index in [4.69, 9.17) is 0 Å². The van der Waals surface area contributed by atoms with Gasteiger partial charge in [-0.05, 0) is 31.2 Å². The second kappa shape index (κ2) is 4.34. The summed E-state index contributed by atoms with van der Waals surface area (Å²) in [4.78, 5) is 6.86. The molecule has 0 radical (unpaired) electrons. The molecule has 1 aromatic heterocycles. The topological polar surface area (TPSA) is 28.2 Å². The Kier molecular flexibility index (Phi) is 2.69. The number of piperazine rings is 1. The average molecular weight is 227 g/mol. The Bertz CT molecular complexity index is 518. The van der Waals surface area contributed by atoms with Gasteiger partial charge in [-0.15, -0.1) is 0 Å². The molecule has 1 aromatic carbocycles. The fourth-order valence-corrected chi connectivity index (χ4v) is 2.51. The lowest BCUT2D eigenvalue weighted by atomic mass is 10.1. The van der Waals surface area contributed by atoms with Crippen LogP contribution in [0.3, 0.4) is 0 Å². The van der Waals surface area contributed by atoms with Crippen LogP contribution in [0, 0.1) is 0 Å². The van der Waals surface area contributed by atoms with Gasteiger partial charge in [-0.25, -0.2) is 0 Å². The van der Waals surface area contributed by atoms with Crippen LogP contribution in [-0.4, -0.2) is 30.7 Å². The molecule has 1 aliphatic heterocycles. The van der Waals surface area contributed by atoms with E-state index in [1.807, 2.05) is 12.3 Å². The Morgan fingerprint density at radius 1 is 1.29 bits per heavy atom. The smallest absolute Gasteiger partial charge is 0.0722 e. The normalized spacial score (nSPS) is 20.8. The zero-order valence-electron chi connectivity index (χ0n) is 10.1. The largest absolute Gasteiger partial charge is 0.368 e. The molecule has 1 unspecified atom stereocenters. The standard InChI is InChI=1S/C14H17N3/c1-11-10-17(9-8-15-11)14-6-2-5-13-12(14)4-3-7-16-13/h2-7,11,15H,8-10H2,1H3. The molecule has 0 spiro atoms. The average Bonchev–Trinajstić information content (AvgIpc) is 2.38. The third-order valence-electron chi connectivity index (χ3n) is 3.33. The summed E-state index contributed by atoms with van der Waals surface area (Å²) in [6, 6.07) is 11.1. The van der Waals surface area contributed by atoms with Gasteiger partial charge in [0.1, 0.15) is 0 Å². The molecule has 2 aromatic rings. The molecule has 3 heteroatoms. The van der Waals surface area contributed by atoms with Crippen molar-refractivity contribution < 1.29 is 0 Å². The highest BCUT2D eigenvalue weighted by atomic mass is 15.2. The predicted molar refractivity (Wildman–Crippen MR) is 71.4 cm³/mol. The molecule has 1 aliphatic rings. The highest BCUT2D eigenvalue weighted by Gasteiger charge is 2.17. The van der Waals surface area contributed by atoms with Gasteiger partial charge in [0.05, 0.1) is 5.52 Å². The van der Waals surface area contributed by atoms with Crippen molar-refractivity contribution in [1.29, 1.82) is 0 Å². The molecule has 1 fully saturated rings. The number of hydrogen-bond donors (Lipinski definition) is 1. The molecule has 1 saturated heterocycles. The van der Waals surface area contributed by atoms with Crippen LogP contribution in [0.2, 0.25) is 0 Å². The van der Waals surface area contributed by atoms with E-state index in [1.54, 1.807) is 0 Å². The minimum absolute atomic E-state index is 0.552. The van der Waals surface area contributed by atoms with Crippen LogP contribution in [0.5, 0.6) is 0 Å². The van der Waals surface area contributed by atoms with E-state index in [0.29, 0.717) is 6.04 Å². The SMILES string of the molecule is CC1CN(c2cccc3ncccc23)CCN1. The maximum atomic E-state index is 4.41. The van der Waals surface area contributed by atoms with E-state index < -0.39 is 0 Å². The molecule has 0 bridgehead atoms. The van der Waals surface area contributed by atoms with Gasteiger partial charge < -0.3 is 10.2 Å². The van der Waals surface area contributed by atoms with E-state index in [2.05, 4.69) is 46.4 Å². The number of nitrogens with one attached hydrogen (secondary N) is 1. The van der Waals surface area contributed by atoms with Gasteiger partial charge in [0.25, 0.3) is 0 Å². The molecule has 17 heavy (non-hydrogen) atoms. The first-order valence-electron chi connectivity index (χ1n) is 6.17. The monoisotopic (exact) mass is 227 g/mol. The number of hydrogen-bond acceptors (Lipinski definition) is 3. The molecular formula is C14H17N3. The van der Waals surface area contributed by atoms with E-state index in [0.717, 1.165) is 25.2 Å². The minimum Gasteiger partial charge on any atom is -0.368 e. The summed E-state index contributed by atoms with van der Waals surface area (Å²) >= 11 is 0. The summed E-state index contributed by atoms with van der Waals surface area (Å²) in [7, 11) is 0. The molecule has 2 heterocycles. The molecule has 0 saturated carbocycles.